The van der Waals surface area contributed by atoms with Crippen molar-refractivity contribution >= 4 is 16.7 Å². The van der Waals surface area contributed by atoms with E-state index in [-0.39, 0.29) is 11.1 Å². The van der Waals surface area contributed by atoms with Crippen LogP contribution >= 0.6 is 0 Å². The fraction of sp³-hybridized carbons (Fsp3) is 0.118. The molecule has 0 fully saturated rings. The van der Waals surface area contributed by atoms with E-state index >= 15 is 0 Å². The predicted molar refractivity (Wildman–Crippen MR) is 83.3 cm³/mol. The summed E-state index contributed by atoms with van der Waals surface area (Å²) in [6, 6.07) is 12.6. The topological polar surface area (TPSA) is 83.0 Å². The number of hydrogen-bond acceptors (Lipinski definition) is 3. The first kappa shape index (κ1) is 14.0. The first-order chi connectivity index (χ1) is 10.6. The number of benzene rings is 2. The second-order valence-corrected chi connectivity index (χ2v) is 5.18. The lowest BCUT2D eigenvalue weighted by atomic mass is 10.00. The predicted octanol–water partition coefficient (Wildman–Crippen LogP) is 2.52. The van der Waals surface area contributed by atoms with Crippen LogP contribution in [0, 0.1) is 6.92 Å². The third-order valence-electron chi connectivity index (χ3n) is 3.68. The van der Waals surface area contributed by atoms with Gasteiger partial charge in [-0.25, -0.2) is 9.89 Å². The van der Waals surface area contributed by atoms with E-state index in [1.807, 2.05) is 18.2 Å². The van der Waals surface area contributed by atoms with E-state index in [0.29, 0.717) is 11.8 Å². The summed E-state index contributed by atoms with van der Waals surface area (Å²) < 4.78 is 0. The second-order valence-electron chi connectivity index (χ2n) is 5.18. The summed E-state index contributed by atoms with van der Waals surface area (Å²) in [5.74, 6) is -0.946. The Hall–Kier alpha value is -2.95. The van der Waals surface area contributed by atoms with Gasteiger partial charge in [0.1, 0.15) is 0 Å². The number of carbonyl (C=O) groups is 1. The Morgan fingerprint density at radius 1 is 1.18 bits per heavy atom. The molecule has 5 heteroatoms. The fourth-order valence-corrected chi connectivity index (χ4v) is 2.51. The van der Waals surface area contributed by atoms with Crippen molar-refractivity contribution in [2.24, 2.45) is 0 Å². The number of aromatic nitrogens is 2. The Labute approximate surface area is 126 Å². The molecule has 2 aromatic carbocycles. The third-order valence-corrected chi connectivity index (χ3v) is 3.68. The van der Waals surface area contributed by atoms with Crippen LogP contribution in [-0.4, -0.2) is 21.3 Å². The van der Waals surface area contributed by atoms with Gasteiger partial charge in [-0.3, -0.25) is 4.79 Å². The van der Waals surface area contributed by atoms with E-state index in [1.54, 1.807) is 31.2 Å². The van der Waals surface area contributed by atoms with Crippen LogP contribution < -0.4 is 5.56 Å². The molecule has 5 nitrogen and oxygen atoms in total. The van der Waals surface area contributed by atoms with Gasteiger partial charge in [0.25, 0.3) is 5.56 Å². The highest BCUT2D eigenvalue weighted by Gasteiger charge is 2.11. The lowest BCUT2D eigenvalue weighted by Crippen LogP contribution is -2.11. The molecule has 1 aromatic heterocycles. The van der Waals surface area contributed by atoms with Gasteiger partial charge in [-0.05, 0) is 30.2 Å². The van der Waals surface area contributed by atoms with E-state index in [4.69, 9.17) is 0 Å². The van der Waals surface area contributed by atoms with Crippen LogP contribution in [0.2, 0.25) is 0 Å². The number of carboxylic acids is 1. The smallest absolute Gasteiger partial charge is 0.335 e. The number of aromatic amines is 1. The summed E-state index contributed by atoms with van der Waals surface area (Å²) >= 11 is 0. The summed E-state index contributed by atoms with van der Waals surface area (Å²) in [7, 11) is 0. The van der Waals surface area contributed by atoms with Crippen molar-refractivity contribution in [3.8, 4) is 0 Å². The molecule has 0 saturated heterocycles. The first-order valence-electron chi connectivity index (χ1n) is 6.85. The Morgan fingerprint density at radius 2 is 1.91 bits per heavy atom. The van der Waals surface area contributed by atoms with E-state index in [0.717, 1.165) is 22.2 Å². The van der Waals surface area contributed by atoms with Gasteiger partial charge in [0.15, 0.2) is 0 Å². The molecule has 1 heterocycles. The van der Waals surface area contributed by atoms with Gasteiger partial charge in [-0.1, -0.05) is 30.3 Å². The van der Waals surface area contributed by atoms with Gasteiger partial charge in [0.05, 0.1) is 16.6 Å². The van der Waals surface area contributed by atoms with Gasteiger partial charge in [0.2, 0.25) is 0 Å². The van der Waals surface area contributed by atoms with Crippen molar-refractivity contribution in [3.05, 3.63) is 75.2 Å². The highest BCUT2D eigenvalue weighted by Crippen LogP contribution is 2.18. The minimum atomic E-state index is -0.946. The zero-order chi connectivity index (χ0) is 15.7. The zero-order valence-electron chi connectivity index (χ0n) is 12.0. The van der Waals surface area contributed by atoms with E-state index in [2.05, 4.69) is 10.2 Å². The van der Waals surface area contributed by atoms with Gasteiger partial charge in [0, 0.05) is 11.8 Å². The molecule has 0 saturated carbocycles. The lowest BCUT2D eigenvalue weighted by molar-refractivity contribution is 0.0696. The van der Waals surface area contributed by atoms with E-state index in [1.165, 1.54) is 0 Å². The SMILES string of the molecule is Cc1ccc(Cc2n[nH]c(=O)c3ccccc23)cc1C(=O)O. The van der Waals surface area contributed by atoms with Crippen LogP contribution in [0.3, 0.4) is 0 Å². The lowest BCUT2D eigenvalue weighted by Gasteiger charge is -2.07. The number of hydrogen-bond donors (Lipinski definition) is 2. The molecule has 0 amide bonds. The van der Waals surface area contributed by atoms with Gasteiger partial charge < -0.3 is 5.11 Å². The Balaban J connectivity index is 2.08. The van der Waals surface area contributed by atoms with Gasteiger partial charge >= 0.3 is 5.97 Å². The summed E-state index contributed by atoms with van der Waals surface area (Å²) in [5, 5.41) is 17.2. The minimum absolute atomic E-state index is 0.227. The molecule has 0 unspecified atom stereocenters. The quantitative estimate of drug-likeness (QED) is 0.777. The number of nitrogens with one attached hydrogen (secondary N) is 1. The van der Waals surface area contributed by atoms with Crippen LogP contribution in [0.4, 0.5) is 0 Å². The molecule has 3 rings (SSSR count). The molecule has 0 aliphatic carbocycles. The van der Waals surface area contributed by atoms with Crippen molar-refractivity contribution in [2.75, 3.05) is 0 Å². The molecular weight excluding hydrogens is 280 g/mol. The maximum Gasteiger partial charge on any atom is 0.335 e. The van der Waals surface area contributed by atoms with Gasteiger partial charge in [-0.2, -0.15) is 5.10 Å². The number of nitrogens with zero attached hydrogens (tertiary/aromatic N) is 1. The highest BCUT2D eigenvalue weighted by atomic mass is 16.4. The number of H-pyrrole nitrogens is 1. The molecule has 0 spiro atoms. The highest BCUT2D eigenvalue weighted by molar-refractivity contribution is 5.89. The Morgan fingerprint density at radius 3 is 2.64 bits per heavy atom. The van der Waals surface area contributed by atoms with E-state index < -0.39 is 5.97 Å². The first-order valence-corrected chi connectivity index (χ1v) is 6.85. The monoisotopic (exact) mass is 294 g/mol. The molecule has 0 radical (unpaired) electrons. The average Bonchev–Trinajstić information content (AvgIpc) is 2.52. The van der Waals surface area contributed by atoms with Crippen molar-refractivity contribution in [3.63, 3.8) is 0 Å². The Kier molecular flexibility index (Phi) is 3.47. The zero-order valence-corrected chi connectivity index (χ0v) is 12.0. The minimum Gasteiger partial charge on any atom is -0.478 e. The van der Waals surface area contributed by atoms with Crippen LogP contribution in [0.5, 0.6) is 0 Å². The second kappa shape index (κ2) is 5.44. The molecule has 0 atom stereocenters. The summed E-state index contributed by atoms with van der Waals surface area (Å²) in [6.45, 7) is 1.76. The molecular formula is C17H14N2O3. The van der Waals surface area contributed by atoms with Crippen molar-refractivity contribution in [1.29, 1.82) is 0 Å². The van der Waals surface area contributed by atoms with Crippen LogP contribution in [0.15, 0.2) is 47.3 Å². The summed E-state index contributed by atoms with van der Waals surface area (Å²) in [4.78, 5) is 23.0. The number of carboxylic acid groups (broad SMARTS) is 1. The number of aryl methyl sites for hydroxylation is 1. The fourth-order valence-electron chi connectivity index (χ4n) is 2.51. The van der Waals surface area contributed by atoms with Crippen molar-refractivity contribution in [2.45, 2.75) is 13.3 Å². The molecule has 2 N–H and O–H groups in total. The molecule has 110 valence electrons. The average molecular weight is 294 g/mol. The molecule has 22 heavy (non-hydrogen) atoms. The van der Waals surface area contributed by atoms with Crippen molar-refractivity contribution < 1.29 is 9.90 Å². The molecule has 0 aliphatic heterocycles. The number of fused-ring (bicyclic) bond motifs is 1. The Bertz CT molecular complexity index is 929. The maximum absolute atomic E-state index is 11.8. The molecule has 0 bridgehead atoms. The molecule has 3 aromatic rings. The molecule has 0 aliphatic rings. The van der Waals surface area contributed by atoms with Crippen LogP contribution in [0.25, 0.3) is 10.8 Å². The standard InChI is InChI=1S/C17H14N2O3/c1-10-6-7-11(8-14(10)17(21)22)9-15-12-4-2-3-5-13(12)16(20)19-18-15/h2-8H,9H2,1H3,(H,19,20)(H,21,22). The van der Waals surface area contributed by atoms with Crippen LogP contribution in [0.1, 0.15) is 27.2 Å². The maximum atomic E-state index is 11.8. The largest absolute Gasteiger partial charge is 0.478 e. The third kappa shape index (κ3) is 2.48. The summed E-state index contributed by atoms with van der Waals surface area (Å²) in [6.07, 6.45) is 0.456. The van der Waals surface area contributed by atoms with Crippen molar-refractivity contribution in [1.82, 2.24) is 10.2 Å². The normalized spacial score (nSPS) is 10.8. The number of rotatable bonds is 3. The van der Waals surface area contributed by atoms with Gasteiger partial charge in [-0.15, -0.1) is 0 Å². The summed E-state index contributed by atoms with van der Waals surface area (Å²) in [5.41, 5.74) is 2.33. The van der Waals surface area contributed by atoms with E-state index in [9.17, 15) is 14.7 Å². The number of aromatic carboxylic acids is 1. The van der Waals surface area contributed by atoms with Crippen LogP contribution in [-0.2, 0) is 6.42 Å².